The molecule has 5 nitrogen and oxygen atoms in total. The van der Waals surface area contributed by atoms with Crippen LogP contribution < -0.4 is 4.80 Å². The Morgan fingerprint density at radius 1 is 1.35 bits per heavy atom. The molecule has 0 aliphatic heterocycles. The third kappa shape index (κ3) is 2.99. The van der Waals surface area contributed by atoms with Crippen LogP contribution in [0.3, 0.4) is 0 Å². The van der Waals surface area contributed by atoms with Gasteiger partial charge >= 0.3 is 0 Å². The second kappa shape index (κ2) is 6.12. The number of carbonyl (C=O) groups excluding carboxylic acids is 1. The lowest BCUT2D eigenvalue weighted by Gasteiger charge is -2.04. The summed E-state index contributed by atoms with van der Waals surface area (Å²) >= 11 is 1.53. The molecule has 3 aromatic rings. The summed E-state index contributed by atoms with van der Waals surface area (Å²) in [6.45, 7) is 7.07. The van der Waals surface area contributed by atoms with Crippen LogP contribution in [0.25, 0.3) is 10.2 Å². The fourth-order valence-corrected chi connectivity index (χ4v) is 3.48. The fourth-order valence-electron chi connectivity index (χ4n) is 2.41. The van der Waals surface area contributed by atoms with Crippen LogP contribution in [0.5, 0.6) is 0 Å². The van der Waals surface area contributed by atoms with Crippen LogP contribution in [-0.2, 0) is 13.6 Å². The van der Waals surface area contributed by atoms with Gasteiger partial charge in [0.1, 0.15) is 0 Å². The van der Waals surface area contributed by atoms with Gasteiger partial charge in [-0.2, -0.15) is 10.1 Å². The number of aryl methyl sites for hydroxylation is 2. The number of hydrogen-bond acceptors (Lipinski definition) is 3. The van der Waals surface area contributed by atoms with Crippen LogP contribution in [-0.4, -0.2) is 20.3 Å². The van der Waals surface area contributed by atoms with Gasteiger partial charge in [0.2, 0.25) is 0 Å². The number of thiazole rings is 1. The molecule has 120 valence electrons. The molecule has 1 amide bonds. The van der Waals surface area contributed by atoms with Crippen molar-refractivity contribution < 1.29 is 4.79 Å². The summed E-state index contributed by atoms with van der Waals surface area (Å²) in [5.74, 6) is 0.176. The van der Waals surface area contributed by atoms with Gasteiger partial charge in [0.15, 0.2) is 10.5 Å². The zero-order valence-corrected chi connectivity index (χ0v) is 14.6. The van der Waals surface area contributed by atoms with E-state index in [2.05, 4.69) is 42.1 Å². The second-order valence-electron chi connectivity index (χ2n) is 5.80. The number of rotatable bonds is 3. The first-order valence-electron chi connectivity index (χ1n) is 7.71. The van der Waals surface area contributed by atoms with Crippen LogP contribution in [0, 0.1) is 0 Å². The molecule has 0 spiro atoms. The monoisotopic (exact) mass is 328 g/mol. The molecular formula is C17H20N4OS. The summed E-state index contributed by atoms with van der Waals surface area (Å²) in [5, 5.41) is 4.21. The van der Waals surface area contributed by atoms with E-state index >= 15 is 0 Å². The Labute approximate surface area is 138 Å². The lowest BCUT2D eigenvalue weighted by atomic mass is 10.0. The Morgan fingerprint density at radius 3 is 2.78 bits per heavy atom. The van der Waals surface area contributed by atoms with Crippen molar-refractivity contribution in [3.63, 3.8) is 0 Å². The van der Waals surface area contributed by atoms with Gasteiger partial charge in [-0.05, 0) is 36.6 Å². The summed E-state index contributed by atoms with van der Waals surface area (Å²) in [7, 11) is 1.94. The minimum Gasteiger partial charge on any atom is -0.319 e. The molecule has 0 aliphatic rings. The second-order valence-corrected chi connectivity index (χ2v) is 6.81. The third-order valence-electron chi connectivity index (χ3n) is 3.88. The van der Waals surface area contributed by atoms with Gasteiger partial charge in [0, 0.05) is 19.8 Å². The van der Waals surface area contributed by atoms with Gasteiger partial charge in [-0.1, -0.05) is 31.3 Å². The molecule has 0 atom stereocenters. The van der Waals surface area contributed by atoms with Crippen molar-refractivity contribution in [3.05, 3.63) is 46.5 Å². The van der Waals surface area contributed by atoms with E-state index in [0.717, 1.165) is 16.8 Å². The Hall–Kier alpha value is -2.21. The Bertz CT molecular complexity index is 930. The maximum Gasteiger partial charge on any atom is 0.300 e. The van der Waals surface area contributed by atoms with Crippen molar-refractivity contribution >= 4 is 27.5 Å². The van der Waals surface area contributed by atoms with Gasteiger partial charge in [0.25, 0.3) is 5.91 Å². The molecule has 2 heterocycles. The van der Waals surface area contributed by atoms with Crippen LogP contribution in [0.1, 0.15) is 42.7 Å². The zero-order valence-electron chi connectivity index (χ0n) is 13.8. The number of fused-ring (bicyclic) bond motifs is 1. The van der Waals surface area contributed by atoms with Crippen molar-refractivity contribution in [3.8, 4) is 0 Å². The number of nitrogens with zero attached hydrogens (tertiary/aromatic N) is 4. The van der Waals surface area contributed by atoms with E-state index in [-0.39, 0.29) is 5.91 Å². The van der Waals surface area contributed by atoms with Gasteiger partial charge < -0.3 is 4.57 Å². The molecular weight excluding hydrogens is 308 g/mol. The molecule has 0 aliphatic carbocycles. The standard InChI is InChI=1S/C17H20N4OS/c1-5-21-9-8-13(19-21)16(22)18-17-20(4)14-7-6-12(11(2)3)10-15(14)23-17/h6-11H,5H2,1-4H3. The Balaban J connectivity index is 2.04. The van der Waals surface area contributed by atoms with Gasteiger partial charge in [-0.3, -0.25) is 9.48 Å². The number of benzene rings is 1. The number of hydrogen-bond donors (Lipinski definition) is 0. The number of carbonyl (C=O) groups is 1. The molecule has 3 rings (SSSR count). The van der Waals surface area contributed by atoms with Crippen LogP contribution in [0.15, 0.2) is 35.5 Å². The molecule has 0 bridgehead atoms. The topological polar surface area (TPSA) is 52.2 Å². The maximum absolute atomic E-state index is 12.3. The summed E-state index contributed by atoms with van der Waals surface area (Å²) in [6.07, 6.45) is 1.79. The van der Waals surface area contributed by atoms with E-state index in [0.29, 0.717) is 16.4 Å². The summed E-state index contributed by atoms with van der Waals surface area (Å²) in [6, 6.07) is 8.12. The minimum absolute atomic E-state index is 0.302. The summed E-state index contributed by atoms with van der Waals surface area (Å²) in [5.41, 5.74) is 2.76. The molecule has 0 N–H and O–H groups in total. The average Bonchev–Trinajstić information content (AvgIpc) is 3.12. The first kappa shape index (κ1) is 15.7. The molecule has 6 heteroatoms. The van der Waals surface area contributed by atoms with E-state index in [1.165, 1.54) is 16.9 Å². The molecule has 0 saturated heterocycles. The highest BCUT2D eigenvalue weighted by atomic mass is 32.1. The SMILES string of the molecule is CCn1ccc(C(=O)N=c2sc3cc(C(C)C)ccc3n2C)n1. The molecule has 0 unspecified atom stereocenters. The quantitative estimate of drug-likeness (QED) is 0.740. The predicted molar refractivity (Wildman–Crippen MR) is 92.7 cm³/mol. The van der Waals surface area contributed by atoms with E-state index in [4.69, 9.17) is 0 Å². The molecule has 23 heavy (non-hydrogen) atoms. The van der Waals surface area contributed by atoms with E-state index in [9.17, 15) is 4.79 Å². The van der Waals surface area contributed by atoms with E-state index in [1.54, 1.807) is 16.9 Å². The summed E-state index contributed by atoms with van der Waals surface area (Å²) < 4.78 is 4.82. The number of aromatic nitrogens is 3. The lowest BCUT2D eigenvalue weighted by Crippen LogP contribution is -2.13. The Kier molecular flexibility index (Phi) is 4.17. The van der Waals surface area contributed by atoms with Gasteiger partial charge in [-0.25, -0.2) is 0 Å². The molecule has 0 fully saturated rings. The summed E-state index contributed by atoms with van der Waals surface area (Å²) in [4.78, 5) is 17.2. The highest BCUT2D eigenvalue weighted by Crippen LogP contribution is 2.23. The molecule has 2 aromatic heterocycles. The third-order valence-corrected chi connectivity index (χ3v) is 4.98. The Morgan fingerprint density at radius 2 is 2.13 bits per heavy atom. The van der Waals surface area contributed by atoms with Crippen LogP contribution in [0.4, 0.5) is 0 Å². The minimum atomic E-state index is -0.302. The first-order chi connectivity index (χ1) is 11.0. The first-order valence-corrected chi connectivity index (χ1v) is 8.53. The van der Waals surface area contributed by atoms with Gasteiger partial charge in [-0.15, -0.1) is 0 Å². The van der Waals surface area contributed by atoms with Crippen molar-refractivity contribution in [1.29, 1.82) is 0 Å². The molecule has 0 radical (unpaired) electrons. The molecule has 0 saturated carbocycles. The van der Waals surface area contributed by atoms with E-state index in [1.807, 2.05) is 18.5 Å². The number of amides is 1. The maximum atomic E-state index is 12.3. The van der Waals surface area contributed by atoms with Crippen molar-refractivity contribution in [2.45, 2.75) is 33.2 Å². The van der Waals surface area contributed by atoms with Crippen molar-refractivity contribution in [1.82, 2.24) is 14.3 Å². The van der Waals surface area contributed by atoms with E-state index < -0.39 is 0 Å². The fraction of sp³-hybridized carbons (Fsp3) is 0.353. The van der Waals surface area contributed by atoms with Crippen molar-refractivity contribution in [2.75, 3.05) is 0 Å². The van der Waals surface area contributed by atoms with Crippen LogP contribution in [0.2, 0.25) is 0 Å². The largest absolute Gasteiger partial charge is 0.319 e. The normalized spacial score (nSPS) is 12.5. The van der Waals surface area contributed by atoms with Crippen molar-refractivity contribution in [2.24, 2.45) is 12.0 Å². The smallest absolute Gasteiger partial charge is 0.300 e. The highest BCUT2D eigenvalue weighted by Gasteiger charge is 2.10. The zero-order chi connectivity index (χ0) is 16.6. The van der Waals surface area contributed by atoms with Gasteiger partial charge in [0.05, 0.1) is 10.2 Å². The average molecular weight is 328 g/mol. The highest BCUT2D eigenvalue weighted by molar-refractivity contribution is 7.16. The lowest BCUT2D eigenvalue weighted by molar-refractivity contribution is 0.0992. The predicted octanol–water partition coefficient (Wildman–Crippen LogP) is 3.32. The van der Waals surface area contributed by atoms with Crippen LogP contribution >= 0.6 is 11.3 Å². The molecule has 1 aromatic carbocycles.